The Morgan fingerprint density at radius 2 is 1.58 bits per heavy atom. The van der Waals surface area contributed by atoms with Crippen LogP contribution in [0.25, 0.3) is 0 Å². The summed E-state index contributed by atoms with van der Waals surface area (Å²) in [5.41, 5.74) is 2.28. The summed E-state index contributed by atoms with van der Waals surface area (Å²) < 4.78 is 16.8. The molecule has 2 aromatic rings. The zero-order valence-corrected chi connectivity index (χ0v) is 21.3. The van der Waals surface area contributed by atoms with E-state index < -0.39 is 29.7 Å². The molecular formula is C28H34N2O6. The summed E-state index contributed by atoms with van der Waals surface area (Å²) in [6.45, 7) is 6.23. The van der Waals surface area contributed by atoms with Gasteiger partial charge in [-0.15, -0.1) is 0 Å². The second kappa shape index (κ2) is 10.7. The van der Waals surface area contributed by atoms with Gasteiger partial charge in [0, 0.05) is 19.4 Å². The van der Waals surface area contributed by atoms with E-state index in [1.807, 2.05) is 54.6 Å². The zero-order chi connectivity index (χ0) is 25.9. The number of hydrogen-bond donors (Lipinski definition) is 0. The van der Waals surface area contributed by atoms with Crippen molar-refractivity contribution in [3.8, 4) is 0 Å². The van der Waals surface area contributed by atoms with Crippen LogP contribution in [0.4, 0.5) is 4.79 Å². The van der Waals surface area contributed by atoms with E-state index in [2.05, 4.69) is 0 Å². The minimum absolute atomic E-state index is 0.228. The van der Waals surface area contributed by atoms with Crippen LogP contribution in [0, 0.1) is 0 Å². The van der Waals surface area contributed by atoms with Crippen molar-refractivity contribution < 1.29 is 28.6 Å². The molecule has 36 heavy (non-hydrogen) atoms. The minimum atomic E-state index is -0.807. The molecule has 192 valence electrons. The van der Waals surface area contributed by atoms with Crippen LogP contribution in [0.1, 0.15) is 43.9 Å². The second-order valence-corrected chi connectivity index (χ2v) is 10.3. The molecule has 8 nitrogen and oxygen atoms in total. The molecule has 2 heterocycles. The Labute approximate surface area is 212 Å². The number of nitrogens with zero attached hydrogens (tertiary/aromatic N) is 2. The van der Waals surface area contributed by atoms with Crippen molar-refractivity contribution in [3.63, 3.8) is 0 Å². The van der Waals surface area contributed by atoms with E-state index >= 15 is 0 Å². The summed E-state index contributed by atoms with van der Waals surface area (Å²) in [6.07, 6.45) is -0.238. The highest BCUT2D eigenvalue weighted by Gasteiger charge is 2.46. The Bertz CT molecular complexity index is 1100. The standard InChI is InChI=1S/C28H34N2O6/c1-28(2,3)36-27(33)30-17-22(35-18-19-10-6-5-7-11-19)15-23(30)25(31)29-16-21-13-9-8-12-20(21)14-24(29)26(32)34-4/h5-13,22-24H,14-18H2,1-4H3/t22-,23-,24-/m1/s1. The maximum atomic E-state index is 14.0. The molecule has 1 saturated heterocycles. The summed E-state index contributed by atoms with van der Waals surface area (Å²) in [5, 5.41) is 0. The van der Waals surface area contributed by atoms with Gasteiger partial charge in [0.1, 0.15) is 17.7 Å². The maximum Gasteiger partial charge on any atom is 0.411 e. The van der Waals surface area contributed by atoms with Gasteiger partial charge in [-0.3, -0.25) is 9.69 Å². The number of likely N-dealkylation sites (tertiary alicyclic amines) is 1. The van der Waals surface area contributed by atoms with E-state index in [-0.39, 0.29) is 25.1 Å². The molecule has 0 aliphatic carbocycles. The summed E-state index contributed by atoms with van der Waals surface area (Å²) in [7, 11) is 1.32. The first-order chi connectivity index (χ1) is 17.2. The highest BCUT2D eigenvalue weighted by Crippen LogP contribution is 2.30. The monoisotopic (exact) mass is 494 g/mol. The molecule has 2 aromatic carbocycles. The van der Waals surface area contributed by atoms with E-state index in [4.69, 9.17) is 14.2 Å². The van der Waals surface area contributed by atoms with Gasteiger partial charge in [0.25, 0.3) is 0 Å². The first-order valence-corrected chi connectivity index (χ1v) is 12.3. The predicted octanol–water partition coefficient (Wildman–Crippen LogP) is 3.71. The molecule has 0 N–H and O–H groups in total. The van der Waals surface area contributed by atoms with Crippen molar-refractivity contribution in [2.45, 2.75) is 70.6 Å². The molecule has 0 unspecified atom stereocenters. The largest absolute Gasteiger partial charge is 0.467 e. The number of benzene rings is 2. The average Bonchev–Trinajstić information content (AvgIpc) is 3.30. The van der Waals surface area contributed by atoms with E-state index in [9.17, 15) is 14.4 Å². The number of ether oxygens (including phenoxy) is 3. The molecule has 1 fully saturated rings. The van der Waals surface area contributed by atoms with E-state index in [0.29, 0.717) is 19.4 Å². The summed E-state index contributed by atoms with van der Waals surface area (Å²) in [6, 6.07) is 15.9. The van der Waals surface area contributed by atoms with Crippen LogP contribution >= 0.6 is 0 Å². The van der Waals surface area contributed by atoms with Crippen molar-refractivity contribution in [3.05, 3.63) is 71.3 Å². The number of esters is 1. The van der Waals surface area contributed by atoms with Crippen LogP contribution in [-0.4, -0.2) is 65.2 Å². The molecule has 0 radical (unpaired) electrons. The number of rotatable bonds is 5. The van der Waals surface area contributed by atoms with Crippen LogP contribution in [0.5, 0.6) is 0 Å². The van der Waals surface area contributed by atoms with Gasteiger partial charge in [0.2, 0.25) is 5.91 Å². The molecule has 0 spiro atoms. The van der Waals surface area contributed by atoms with Crippen LogP contribution in [0.2, 0.25) is 0 Å². The lowest BCUT2D eigenvalue weighted by Crippen LogP contribution is -2.55. The van der Waals surface area contributed by atoms with Gasteiger partial charge in [0.15, 0.2) is 0 Å². The predicted molar refractivity (Wildman–Crippen MR) is 133 cm³/mol. The fourth-order valence-electron chi connectivity index (χ4n) is 4.76. The lowest BCUT2D eigenvalue weighted by Gasteiger charge is -2.38. The first-order valence-electron chi connectivity index (χ1n) is 12.3. The SMILES string of the molecule is COC(=O)[C@H]1Cc2ccccc2CN1C(=O)[C@H]1C[C@@H](OCc2ccccc2)CN1C(=O)OC(C)(C)C. The third-order valence-electron chi connectivity index (χ3n) is 6.51. The number of methoxy groups -OCH3 is 1. The van der Waals surface area contributed by atoms with Gasteiger partial charge in [-0.25, -0.2) is 9.59 Å². The van der Waals surface area contributed by atoms with E-state index in [0.717, 1.165) is 16.7 Å². The summed E-state index contributed by atoms with van der Waals surface area (Å²) >= 11 is 0. The van der Waals surface area contributed by atoms with E-state index in [1.165, 1.54) is 16.9 Å². The smallest absolute Gasteiger partial charge is 0.411 e. The van der Waals surface area contributed by atoms with Crippen LogP contribution in [0.3, 0.4) is 0 Å². The van der Waals surface area contributed by atoms with Crippen LogP contribution < -0.4 is 0 Å². The highest BCUT2D eigenvalue weighted by atomic mass is 16.6. The average molecular weight is 495 g/mol. The van der Waals surface area contributed by atoms with Gasteiger partial charge >= 0.3 is 12.1 Å². The number of amides is 2. The number of fused-ring (bicyclic) bond motifs is 1. The lowest BCUT2D eigenvalue weighted by atomic mass is 9.93. The molecule has 2 amide bonds. The van der Waals surface area contributed by atoms with Crippen molar-refractivity contribution >= 4 is 18.0 Å². The number of carbonyl (C=O) groups is 3. The fraction of sp³-hybridized carbons (Fsp3) is 0.464. The molecule has 0 saturated carbocycles. The second-order valence-electron chi connectivity index (χ2n) is 10.3. The number of hydrogen-bond acceptors (Lipinski definition) is 6. The van der Waals surface area contributed by atoms with Gasteiger partial charge in [-0.05, 0) is 37.5 Å². The Balaban J connectivity index is 1.57. The molecule has 8 heteroatoms. The maximum absolute atomic E-state index is 14.0. The minimum Gasteiger partial charge on any atom is -0.467 e. The Morgan fingerprint density at radius 3 is 2.25 bits per heavy atom. The van der Waals surface area contributed by atoms with Crippen LogP contribution in [-0.2, 0) is 43.4 Å². The van der Waals surface area contributed by atoms with Gasteiger partial charge in [0.05, 0.1) is 26.4 Å². The molecule has 2 aliphatic heterocycles. The van der Waals surface area contributed by atoms with Crippen molar-refractivity contribution in [1.82, 2.24) is 9.80 Å². The lowest BCUT2D eigenvalue weighted by molar-refractivity contribution is -0.155. The normalized spacial score (nSPS) is 21.6. The van der Waals surface area contributed by atoms with E-state index in [1.54, 1.807) is 20.8 Å². The molecule has 4 rings (SSSR count). The van der Waals surface area contributed by atoms with Crippen molar-refractivity contribution in [2.75, 3.05) is 13.7 Å². The topological polar surface area (TPSA) is 85.4 Å². The van der Waals surface area contributed by atoms with Crippen LogP contribution in [0.15, 0.2) is 54.6 Å². The summed E-state index contributed by atoms with van der Waals surface area (Å²) in [4.78, 5) is 42.8. The fourth-order valence-corrected chi connectivity index (χ4v) is 4.76. The Hall–Kier alpha value is -3.39. The third-order valence-corrected chi connectivity index (χ3v) is 6.51. The Kier molecular flexibility index (Phi) is 7.64. The molecular weight excluding hydrogens is 460 g/mol. The first kappa shape index (κ1) is 25.7. The number of carbonyl (C=O) groups excluding carboxylic acids is 3. The molecule has 0 bridgehead atoms. The molecule has 2 aliphatic rings. The molecule has 3 atom stereocenters. The highest BCUT2D eigenvalue weighted by molar-refractivity contribution is 5.91. The van der Waals surface area contributed by atoms with Crippen molar-refractivity contribution in [1.29, 1.82) is 0 Å². The Morgan fingerprint density at radius 1 is 0.917 bits per heavy atom. The van der Waals surface area contributed by atoms with Crippen molar-refractivity contribution in [2.24, 2.45) is 0 Å². The summed E-state index contributed by atoms with van der Waals surface area (Å²) in [5.74, 6) is -0.784. The van der Waals surface area contributed by atoms with Gasteiger partial charge in [-0.2, -0.15) is 0 Å². The van der Waals surface area contributed by atoms with Gasteiger partial charge in [-0.1, -0.05) is 54.6 Å². The quantitative estimate of drug-likeness (QED) is 0.589. The third kappa shape index (κ3) is 5.87. The molecule has 0 aromatic heterocycles. The van der Waals surface area contributed by atoms with Gasteiger partial charge < -0.3 is 19.1 Å². The zero-order valence-electron chi connectivity index (χ0n) is 21.3.